The van der Waals surface area contributed by atoms with Crippen molar-refractivity contribution in [2.45, 2.75) is 19.4 Å². The van der Waals surface area contributed by atoms with Crippen LogP contribution in [0.15, 0.2) is 77.3 Å². The van der Waals surface area contributed by atoms with E-state index >= 15 is 0 Å². The van der Waals surface area contributed by atoms with Crippen LogP contribution in [0.3, 0.4) is 0 Å². The Bertz CT molecular complexity index is 1130. The molecule has 1 amide bonds. The molecule has 1 atom stereocenters. The number of hydrogen-bond acceptors (Lipinski definition) is 5. The fourth-order valence-electron chi connectivity index (χ4n) is 3.09. The lowest BCUT2D eigenvalue weighted by Crippen LogP contribution is -2.31. The summed E-state index contributed by atoms with van der Waals surface area (Å²) in [7, 11) is 0. The van der Waals surface area contributed by atoms with Crippen molar-refractivity contribution in [3.63, 3.8) is 0 Å². The second kappa shape index (κ2) is 11.1. The molecule has 0 aliphatic heterocycles. The van der Waals surface area contributed by atoms with E-state index in [9.17, 15) is 14.9 Å². The summed E-state index contributed by atoms with van der Waals surface area (Å²) in [6.45, 7) is 2.13. The number of amides is 1. The lowest BCUT2D eigenvalue weighted by Gasteiger charge is -2.19. The minimum Gasteiger partial charge on any atom is -0.490 e. The second-order valence-corrected chi connectivity index (χ2v) is 7.67. The van der Waals surface area contributed by atoms with Crippen LogP contribution in [0.5, 0.6) is 11.5 Å². The zero-order chi connectivity index (χ0) is 22.9. The van der Waals surface area contributed by atoms with Crippen LogP contribution in [-0.2, 0) is 4.79 Å². The molecule has 32 heavy (non-hydrogen) atoms. The van der Waals surface area contributed by atoms with E-state index in [1.807, 2.05) is 42.5 Å². The number of nitrogens with one attached hydrogen (secondary N) is 1. The number of halogens is 1. The zero-order valence-corrected chi connectivity index (χ0v) is 19.0. The van der Waals surface area contributed by atoms with Crippen molar-refractivity contribution in [3.05, 3.63) is 94.0 Å². The molecule has 0 fully saturated rings. The standard InChI is InChI=1S/C25H21BrN2O4/c1-2-31-22-14-17(16-27)13-20(26)24(22)32-23(29)15-21(18-9-5-3-6-10-18)28-25(30)19-11-7-4-8-12-19/h3-14,21H,2,15H2,1H3,(H,28,30)/t21-/m0/s1. The number of nitrogens with zero attached hydrogens (tertiary/aromatic N) is 1. The highest BCUT2D eigenvalue weighted by Crippen LogP contribution is 2.37. The van der Waals surface area contributed by atoms with Gasteiger partial charge < -0.3 is 14.8 Å². The van der Waals surface area contributed by atoms with Crippen molar-refractivity contribution in [2.75, 3.05) is 6.61 Å². The van der Waals surface area contributed by atoms with E-state index in [0.717, 1.165) is 5.56 Å². The number of ether oxygens (including phenoxy) is 2. The Morgan fingerprint density at radius 3 is 2.34 bits per heavy atom. The quantitative estimate of drug-likeness (QED) is 0.345. The van der Waals surface area contributed by atoms with Gasteiger partial charge in [0.05, 0.1) is 35.2 Å². The summed E-state index contributed by atoms with van der Waals surface area (Å²) in [6, 6.07) is 22.5. The summed E-state index contributed by atoms with van der Waals surface area (Å²) in [4.78, 5) is 25.6. The van der Waals surface area contributed by atoms with Crippen LogP contribution in [0.2, 0.25) is 0 Å². The molecule has 0 bridgehead atoms. The van der Waals surface area contributed by atoms with Gasteiger partial charge in [-0.15, -0.1) is 0 Å². The molecule has 3 aromatic rings. The molecule has 0 aliphatic rings. The summed E-state index contributed by atoms with van der Waals surface area (Å²) in [5, 5.41) is 12.1. The third kappa shape index (κ3) is 5.96. The van der Waals surface area contributed by atoms with Crippen LogP contribution in [0, 0.1) is 11.3 Å². The van der Waals surface area contributed by atoms with E-state index in [1.165, 1.54) is 6.07 Å². The number of hydrogen-bond donors (Lipinski definition) is 1. The molecule has 1 N–H and O–H groups in total. The molecule has 0 spiro atoms. The second-order valence-electron chi connectivity index (χ2n) is 6.81. The Hall–Kier alpha value is -3.63. The summed E-state index contributed by atoms with van der Waals surface area (Å²) in [5.74, 6) is -0.367. The Kier molecular flexibility index (Phi) is 8.01. The van der Waals surface area contributed by atoms with Crippen molar-refractivity contribution in [1.82, 2.24) is 5.32 Å². The smallest absolute Gasteiger partial charge is 0.313 e. The van der Waals surface area contributed by atoms with Gasteiger partial charge in [0.15, 0.2) is 11.5 Å². The fourth-order valence-corrected chi connectivity index (χ4v) is 3.61. The topological polar surface area (TPSA) is 88.4 Å². The number of carbonyl (C=O) groups is 2. The van der Waals surface area contributed by atoms with Crippen LogP contribution in [-0.4, -0.2) is 18.5 Å². The monoisotopic (exact) mass is 492 g/mol. The fraction of sp³-hybridized carbons (Fsp3) is 0.160. The van der Waals surface area contributed by atoms with Crippen LogP contribution in [0.4, 0.5) is 0 Å². The maximum Gasteiger partial charge on any atom is 0.313 e. The molecule has 0 aliphatic carbocycles. The number of carbonyl (C=O) groups excluding carboxylic acids is 2. The lowest BCUT2D eigenvalue weighted by molar-refractivity contribution is -0.135. The normalized spacial score (nSPS) is 11.2. The molecular weight excluding hydrogens is 472 g/mol. The SMILES string of the molecule is CCOc1cc(C#N)cc(Br)c1OC(=O)C[C@H](NC(=O)c1ccccc1)c1ccccc1. The molecule has 3 aromatic carbocycles. The first-order chi connectivity index (χ1) is 15.5. The third-order valence-corrected chi connectivity index (χ3v) is 5.16. The number of nitriles is 1. The first-order valence-corrected chi connectivity index (χ1v) is 10.8. The average Bonchev–Trinajstić information content (AvgIpc) is 2.81. The molecule has 0 unspecified atom stereocenters. The van der Waals surface area contributed by atoms with Gasteiger partial charge in [-0.1, -0.05) is 48.5 Å². The highest BCUT2D eigenvalue weighted by molar-refractivity contribution is 9.10. The highest BCUT2D eigenvalue weighted by Gasteiger charge is 2.23. The molecule has 0 saturated carbocycles. The van der Waals surface area contributed by atoms with E-state index < -0.39 is 12.0 Å². The summed E-state index contributed by atoms with van der Waals surface area (Å²) >= 11 is 3.34. The lowest BCUT2D eigenvalue weighted by atomic mass is 10.0. The van der Waals surface area contributed by atoms with Gasteiger partial charge >= 0.3 is 5.97 Å². The van der Waals surface area contributed by atoms with Crippen molar-refractivity contribution in [1.29, 1.82) is 5.26 Å². The van der Waals surface area contributed by atoms with Gasteiger partial charge in [-0.2, -0.15) is 5.26 Å². The van der Waals surface area contributed by atoms with E-state index in [0.29, 0.717) is 22.2 Å². The van der Waals surface area contributed by atoms with E-state index in [4.69, 9.17) is 9.47 Å². The largest absolute Gasteiger partial charge is 0.490 e. The van der Waals surface area contributed by atoms with Crippen LogP contribution >= 0.6 is 15.9 Å². The molecule has 162 valence electrons. The molecule has 0 radical (unpaired) electrons. The molecule has 0 saturated heterocycles. The third-order valence-electron chi connectivity index (χ3n) is 4.57. The first kappa shape index (κ1) is 23.0. The predicted octanol–water partition coefficient (Wildman–Crippen LogP) is 5.19. The first-order valence-electron chi connectivity index (χ1n) is 9.99. The van der Waals surface area contributed by atoms with Gasteiger partial charge in [0, 0.05) is 11.6 Å². The van der Waals surface area contributed by atoms with Crippen LogP contribution < -0.4 is 14.8 Å². The minimum atomic E-state index is -0.593. The summed E-state index contributed by atoms with van der Waals surface area (Å²) in [6.07, 6.45) is -0.0966. The predicted molar refractivity (Wildman–Crippen MR) is 123 cm³/mol. The van der Waals surface area contributed by atoms with Crippen molar-refractivity contribution >= 4 is 27.8 Å². The number of benzene rings is 3. The average molecular weight is 493 g/mol. The molecule has 0 aromatic heterocycles. The maximum atomic E-state index is 12.9. The molecule has 0 heterocycles. The minimum absolute atomic E-state index is 0.0966. The number of esters is 1. The highest BCUT2D eigenvalue weighted by atomic mass is 79.9. The summed E-state index contributed by atoms with van der Waals surface area (Å²) in [5.41, 5.74) is 1.64. The zero-order valence-electron chi connectivity index (χ0n) is 17.4. The maximum absolute atomic E-state index is 12.9. The van der Waals surface area contributed by atoms with Gasteiger partial charge in [0.1, 0.15) is 0 Å². The van der Waals surface area contributed by atoms with Crippen molar-refractivity contribution < 1.29 is 19.1 Å². The van der Waals surface area contributed by atoms with Crippen LogP contribution in [0.25, 0.3) is 0 Å². The molecule has 3 rings (SSSR count). The van der Waals surface area contributed by atoms with E-state index in [1.54, 1.807) is 37.3 Å². The Balaban J connectivity index is 1.82. The molecule has 6 nitrogen and oxygen atoms in total. The summed E-state index contributed by atoms with van der Waals surface area (Å²) < 4.78 is 11.6. The molecule has 7 heteroatoms. The number of rotatable bonds is 8. The van der Waals surface area contributed by atoms with Gasteiger partial charge in [0.25, 0.3) is 5.91 Å². The Labute approximate surface area is 194 Å². The van der Waals surface area contributed by atoms with Gasteiger partial charge in [-0.05, 0) is 46.6 Å². The van der Waals surface area contributed by atoms with E-state index in [-0.39, 0.29) is 23.8 Å². The van der Waals surface area contributed by atoms with E-state index in [2.05, 4.69) is 21.2 Å². The molecular formula is C25H21BrN2O4. The Morgan fingerprint density at radius 1 is 1.06 bits per heavy atom. The van der Waals surface area contributed by atoms with Gasteiger partial charge in [0.2, 0.25) is 0 Å². The van der Waals surface area contributed by atoms with Gasteiger partial charge in [-0.25, -0.2) is 0 Å². The van der Waals surface area contributed by atoms with Crippen molar-refractivity contribution in [2.24, 2.45) is 0 Å². The Morgan fingerprint density at radius 2 is 1.72 bits per heavy atom. The van der Waals surface area contributed by atoms with Crippen molar-refractivity contribution in [3.8, 4) is 17.6 Å². The van der Waals surface area contributed by atoms with Gasteiger partial charge in [-0.3, -0.25) is 9.59 Å². The van der Waals surface area contributed by atoms with Crippen LogP contribution in [0.1, 0.15) is 40.9 Å².